The Kier molecular flexibility index (Phi) is 4.38. The van der Waals surface area contributed by atoms with E-state index in [2.05, 4.69) is 15.5 Å². The third-order valence-electron chi connectivity index (χ3n) is 3.64. The van der Waals surface area contributed by atoms with Crippen LogP contribution in [0, 0.1) is 0 Å². The molecule has 1 heterocycles. The lowest BCUT2D eigenvalue weighted by Gasteiger charge is -2.13. The molecular weight excluding hydrogens is 304 g/mol. The van der Waals surface area contributed by atoms with E-state index in [4.69, 9.17) is 5.73 Å². The van der Waals surface area contributed by atoms with Gasteiger partial charge in [0.25, 0.3) is 5.91 Å². The monoisotopic (exact) mass is 320 g/mol. The number of aromatic hydroxyl groups is 1. The number of anilines is 2. The third kappa shape index (κ3) is 3.33. The molecule has 0 unspecified atom stereocenters. The lowest BCUT2D eigenvalue weighted by atomic mass is 10.0. The average Bonchev–Trinajstić information content (AvgIpc) is 2.62. The van der Waals surface area contributed by atoms with Gasteiger partial charge in [-0.05, 0) is 23.8 Å². The van der Waals surface area contributed by atoms with E-state index in [1.54, 1.807) is 18.2 Å². The topological polar surface area (TPSA) is 101 Å². The SMILES string of the molecule is Nc1ccc(NC(=O)c2ccnnc2)c(O)c1Cc1ccccc1. The van der Waals surface area contributed by atoms with Crippen LogP contribution in [0.4, 0.5) is 11.4 Å². The second-order valence-corrected chi connectivity index (χ2v) is 5.28. The number of carbonyl (C=O) groups is 1. The molecule has 0 saturated carbocycles. The molecule has 24 heavy (non-hydrogen) atoms. The van der Waals surface area contributed by atoms with Crippen molar-refractivity contribution in [1.82, 2.24) is 10.2 Å². The first kappa shape index (κ1) is 15.5. The van der Waals surface area contributed by atoms with Crippen molar-refractivity contribution in [3.05, 3.63) is 77.6 Å². The van der Waals surface area contributed by atoms with Crippen molar-refractivity contribution in [1.29, 1.82) is 0 Å². The van der Waals surface area contributed by atoms with E-state index in [0.717, 1.165) is 5.56 Å². The number of phenols is 1. The van der Waals surface area contributed by atoms with Crippen LogP contribution in [0.3, 0.4) is 0 Å². The molecular formula is C18H16N4O2. The Labute approximate surface area is 139 Å². The van der Waals surface area contributed by atoms with Gasteiger partial charge in [-0.2, -0.15) is 10.2 Å². The summed E-state index contributed by atoms with van der Waals surface area (Å²) in [5, 5.41) is 20.5. The molecule has 0 aliphatic heterocycles. The number of benzene rings is 2. The minimum atomic E-state index is -0.379. The van der Waals surface area contributed by atoms with Gasteiger partial charge in [0.1, 0.15) is 5.75 Å². The van der Waals surface area contributed by atoms with Crippen LogP contribution in [0.2, 0.25) is 0 Å². The van der Waals surface area contributed by atoms with Crippen molar-refractivity contribution in [2.45, 2.75) is 6.42 Å². The Morgan fingerprint density at radius 3 is 2.58 bits per heavy atom. The molecule has 2 aromatic carbocycles. The van der Waals surface area contributed by atoms with E-state index in [0.29, 0.717) is 28.9 Å². The van der Waals surface area contributed by atoms with Crippen LogP contribution in [-0.2, 0) is 6.42 Å². The van der Waals surface area contributed by atoms with E-state index in [-0.39, 0.29) is 11.7 Å². The van der Waals surface area contributed by atoms with Gasteiger partial charge in [-0.1, -0.05) is 30.3 Å². The van der Waals surface area contributed by atoms with Crippen LogP contribution in [0.1, 0.15) is 21.5 Å². The molecule has 6 heteroatoms. The first-order chi connectivity index (χ1) is 11.6. The van der Waals surface area contributed by atoms with Crippen LogP contribution >= 0.6 is 0 Å². The van der Waals surface area contributed by atoms with Crippen molar-refractivity contribution in [3.63, 3.8) is 0 Å². The van der Waals surface area contributed by atoms with Crippen LogP contribution in [0.25, 0.3) is 0 Å². The second-order valence-electron chi connectivity index (χ2n) is 5.28. The van der Waals surface area contributed by atoms with Gasteiger partial charge in [0.05, 0.1) is 23.6 Å². The van der Waals surface area contributed by atoms with Crippen molar-refractivity contribution >= 4 is 17.3 Å². The van der Waals surface area contributed by atoms with Crippen molar-refractivity contribution in [3.8, 4) is 5.75 Å². The molecule has 0 atom stereocenters. The second kappa shape index (κ2) is 6.78. The molecule has 1 aromatic heterocycles. The molecule has 3 rings (SSSR count). The van der Waals surface area contributed by atoms with Crippen molar-refractivity contribution in [2.24, 2.45) is 0 Å². The van der Waals surface area contributed by atoms with Crippen LogP contribution < -0.4 is 11.1 Å². The molecule has 0 aliphatic rings. The molecule has 0 aliphatic carbocycles. The maximum Gasteiger partial charge on any atom is 0.257 e. The van der Waals surface area contributed by atoms with Crippen LogP contribution in [0.5, 0.6) is 5.75 Å². The zero-order valence-electron chi connectivity index (χ0n) is 12.8. The predicted octanol–water partition coefficient (Wildman–Crippen LogP) is 2.61. The number of hydrogen-bond donors (Lipinski definition) is 3. The number of nitrogens with zero attached hydrogens (tertiary/aromatic N) is 2. The van der Waals surface area contributed by atoms with Crippen molar-refractivity contribution < 1.29 is 9.90 Å². The quantitative estimate of drug-likeness (QED) is 0.507. The fourth-order valence-electron chi connectivity index (χ4n) is 2.36. The van der Waals surface area contributed by atoms with Gasteiger partial charge in [0, 0.05) is 17.7 Å². The first-order valence-electron chi connectivity index (χ1n) is 7.37. The van der Waals surface area contributed by atoms with Crippen LogP contribution in [0.15, 0.2) is 60.9 Å². The Balaban J connectivity index is 1.87. The number of nitrogen functional groups attached to an aromatic ring is 1. The van der Waals surface area contributed by atoms with Gasteiger partial charge in [0.2, 0.25) is 0 Å². The summed E-state index contributed by atoms with van der Waals surface area (Å²) in [5.74, 6) is -0.412. The number of amides is 1. The Morgan fingerprint density at radius 2 is 1.88 bits per heavy atom. The summed E-state index contributed by atoms with van der Waals surface area (Å²) >= 11 is 0. The fourth-order valence-corrected chi connectivity index (χ4v) is 2.36. The molecule has 1 amide bonds. The number of aromatic nitrogens is 2. The van der Waals surface area contributed by atoms with E-state index < -0.39 is 0 Å². The molecule has 3 aromatic rings. The number of hydrogen-bond acceptors (Lipinski definition) is 5. The maximum atomic E-state index is 12.2. The van der Waals surface area contributed by atoms with Crippen LogP contribution in [-0.4, -0.2) is 21.2 Å². The molecule has 0 spiro atoms. The van der Waals surface area contributed by atoms with Gasteiger partial charge < -0.3 is 16.2 Å². The number of rotatable bonds is 4. The standard InChI is InChI=1S/C18H16N4O2/c19-15-6-7-16(22-18(24)13-8-9-20-21-11-13)17(23)14(15)10-12-4-2-1-3-5-12/h1-9,11,23H,10,19H2,(H,22,24). The highest BCUT2D eigenvalue weighted by molar-refractivity contribution is 6.05. The normalized spacial score (nSPS) is 10.3. The summed E-state index contributed by atoms with van der Waals surface area (Å²) in [4.78, 5) is 12.2. The summed E-state index contributed by atoms with van der Waals surface area (Å²) in [6.07, 6.45) is 3.26. The smallest absolute Gasteiger partial charge is 0.257 e. The van der Waals surface area contributed by atoms with Crippen molar-refractivity contribution in [2.75, 3.05) is 11.1 Å². The first-order valence-corrected chi connectivity index (χ1v) is 7.37. The minimum Gasteiger partial charge on any atom is -0.505 e. The molecule has 0 fully saturated rings. The van der Waals surface area contributed by atoms with Gasteiger partial charge in [-0.15, -0.1) is 0 Å². The summed E-state index contributed by atoms with van der Waals surface area (Å²) in [6, 6.07) is 14.5. The molecule has 0 saturated heterocycles. The predicted molar refractivity (Wildman–Crippen MR) is 91.8 cm³/mol. The Hall–Kier alpha value is -3.41. The summed E-state index contributed by atoms with van der Waals surface area (Å²) in [5.41, 5.74) is 8.71. The Bertz CT molecular complexity index is 852. The highest BCUT2D eigenvalue weighted by atomic mass is 16.3. The van der Waals surface area contributed by atoms with Gasteiger partial charge in [-0.25, -0.2) is 0 Å². The number of carbonyl (C=O) groups excluding carboxylic acids is 1. The van der Waals surface area contributed by atoms with Gasteiger partial charge in [-0.3, -0.25) is 4.79 Å². The fraction of sp³-hybridized carbons (Fsp3) is 0.0556. The molecule has 0 radical (unpaired) electrons. The largest absolute Gasteiger partial charge is 0.505 e. The summed E-state index contributed by atoms with van der Waals surface area (Å²) in [7, 11) is 0. The Morgan fingerprint density at radius 1 is 1.08 bits per heavy atom. The van der Waals surface area contributed by atoms with Gasteiger partial charge in [0.15, 0.2) is 0 Å². The zero-order valence-corrected chi connectivity index (χ0v) is 12.8. The van der Waals surface area contributed by atoms with E-state index in [1.165, 1.54) is 12.4 Å². The molecule has 120 valence electrons. The lowest BCUT2D eigenvalue weighted by Crippen LogP contribution is -2.13. The number of nitrogens with one attached hydrogen (secondary N) is 1. The highest BCUT2D eigenvalue weighted by Crippen LogP contribution is 2.34. The number of phenolic OH excluding ortho intramolecular Hbond substituents is 1. The number of nitrogens with two attached hydrogens (primary N) is 1. The maximum absolute atomic E-state index is 12.2. The zero-order chi connectivity index (χ0) is 16.9. The minimum absolute atomic E-state index is 0.0331. The lowest BCUT2D eigenvalue weighted by molar-refractivity contribution is 0.102. The third-order valence-corrected chi connectivity index (χ3v) is 3.64. The molecule has 4 N–H and O–H groups in total. The van der Waals surface area contributed by atoms with Gasteiger partial charge >= 0.3 is 0 Å². The highest BCUT2D eigenvalue weighted by Gasteiger charge is 2.14. The van der Waals surface area contributed by atoms with E-state index in [1.807, 2.05) is 30.3 Å². The average molecular weight is 320 g/mol. The summed E-state index contributed by atoms with van der Waals surface area (Å²) < 4.78 is 0. The molecule has 6 nitrogen and oxygen atoms in total. The summed E-state index contributed by atoms with van der Waals surface area (Å²) in [6.45, 7) is 0. The molecule has 0 bridgehead atoms. The van der Waals surface area contributed by atoms with E-state index >= 15 is 0 Å². The van der Waals surface area contributed by atoms with E-state index in [9.17, 15) is 9.90 Å².